The standard InChI is InChI=1S/C15H23ClN4O/c1-20-12(16)9-17-13(20)10-19-15(6-2-3-7-15)14(21)18-8-11-4-5-11/h9,11,19H,2-8,10H2,1H3,(H,18,21). The number of hydrogen-bond donors (Lipinski definition) is 2. The summed E-state index contributed by atoms with van der Waals surface area (Å²) in [6.45, 7) is 1.40. The second kappa shape index (κ2) is 5.97. The maximum atomic E-state index is 12.6. The van der Waals surface area contributed by atoms with Crippen molar-refractivity contribution in [3.63, 3.8) is 0 Å². The second-order valence-corrected chi connectivity index (χ2v) is 6.74. The fourth-order valence-corrected chi connectivity index (χ4v) is 3.17. The molecule has 0 spiro atoms. The molecule has 2 saturated carbocycles. The fourth-order valence-electron chi connectivity index (χ4n) is 3.03. The Labute approximate surface area is 130 Å². The quantitative estimate of drug-likeness (QED) is 0.845. The van der Waals surface area contributed by atoms with Crippen LogP contribution in [0.25, 0.3) is 0 Å². The molecule has 21 heavy (non-hydrogen) atoms. The van der Waals surface area contributed by atoms with Gasteiger partial charge in [0.25, 0.3) is 0 Å². The first-order chi connectivity index (χ1) is 10.1. The second-order valence-electron chi connectivity index (χ2n) is 6.35. The van der Waals surface area contributed by atoms with Gasteiger partial charge >= 0.3 is 0 Å². The lowest BCUT2D eigenvalue weighted by atomic mass is 9.96. The molecule has 0 unspecified atom stereocenters. The smallest absolute Gasteiger partial charge is 0.240 e. The highest BCUT2D eigenvalue weighted by molar-refractivity contribution is 6.29. The van der Waals surface area contributed by atoms with Gasteiger partial charge in [-0.05, 0) is 31.6 Å². The summed E-state index contributed by atoms with van der Waals surface area (Å²) in [4.78, 5) is 16.9. The molecule has 0 radical (unpaired) electrons. The van der Waals surface area contributed by atoms with Crippen molar-refractivity contribution in [3.05, 3.63) is 17.2 Å². The minimum atomic E-state index is -0.423. The van der Waals surface area contributed by atoms with Crippen LogP contribution < -0.4 is 10.6 Å². The Kier molecular flexibility index (Phi) is 4.22. The minimum absolute atomic E-state index is 0.159. The zero-order valence-electron chi connectivity index (χ0n) is 12.5. The predicted molar refractivity (Wildman–Crippen MR) is 82.0 cm³/mol. The van der Waals surface area contributed by atoms with Crippen molar-refractivity contribution in [2.45, 2.75) is 50.6 Å². The highest BCUT2D eigenvalue weighted by Gasteiger charge is 2.41. The predicted octanol–water partition coefficient (Wildman–Crippen LogP) is 2.00. The Morgan fingerprint density at radius 2 is 2.19 bits per heavy atom. The van der Waals surface area contributed by atoms with Crippen LogP contribution in [-0.4, -0.2) is 27.5 Å². The third kappa shape index (κ3) is 3.24. The number of aromatic nitrogens is 2. The largest absolute Gasteiger partial charge is 0.354 e. The molecule has 5 nitrogen and oxygen atoms in total. The van der Waals surface area contributed by atoms with E-state index in [1.807, 2.05) is 11.6 Å². The first kappa shape index (κ1) is 14.9. The highest BCUT2D eigenvalue weighted by Crippen LogP contribution is 2.32. The topological polar surface area (TPSA) is 59.0 Å². The molecule has 6 heteroatoms. The molecular formula is C15H23ClN4O. The molecule has 1 amide bonds. The summed E-state index contributed by atoms with van der Waals surface area (Å²) in [5, 5.41) is 7.20. The molecule has 2 N–H and O–H groups in total. The van der Waals surface area contributed by atoms with Gasteiger partial charge in [0.1, 0.15) is 11.0 Å². The van der Waals surface area contributed by atoms with Gasteiger partial charge < -0.3 is 9.88 Å². The lowest BCUT2D eigenvalue weighted by molar-refractivity contribution is -0.127. The summed E-state index contributed by atoms with van der Waals surface area (Å²) < 4.78 is 1.85. The van der Waals surface area contributed by atoms with Crippen LogP contribution in [0.1, 0.15) is 44.3 Å². The van der Waals surface area contributed by atoms with Crippen molar-refractivity contribution in [2.75, 3.05) is 6.54 Å². The van der Waals surface area contributed by atoms with E-state index in [1.54, 1.807) is 6.20 Å². The first-order valence-corrected chi connectivity index (χ1v) is 8.18. The minimum Gasteiger partial charge on any atom is -0.354 e. The van der Waals surface area contributed by atoms with Crippen LogP contribution in [0.4, 0.5) is 0 Å². The number of nitrogens with one attached hydrogen (secondary N) is 2. The van der Waals surface area contributed by atoms with Gasteiger partial charge in [0.05, 0.1) is 18.3 Å². The lowest BCUT2D eigenvalue weighted by Gasteiger charge is -2.29. The number of hydrogen-bond acceptors (Lipinski definition) is 3. The molecule has 2 aliphatic rings. The zero-order chi connectivity index (χ0) is 14.9. The number of halogens is 1. The summed E-state index contributed by atoms with van der Waals surface area (Å²) in [5.41, 5.74) is -0.423. The summed E-state index contributed by atoms with van der Waals surface area (Å²) >= 11 is 6.01. The van der Waals surface area contributed by atoms with Crippen molar-refractivity contribution >= 4 is 17.5 Å². The average Bonchev–Trinajstić information content (AvgIpc) is 3.10. The Balaban J connectivity index is 1.62. The van der Waals surface area contributed by atoms with Crippen LogP contribution in [0.5, 0.6) is 0 Å². The Morgan fingerprint density at radius 1 is 1.48 bits per heavy atom. The highest BCUT2D eigenvalue weighted by atomic mass is 35.5. The Hall–Kier alpha value is -1.07. The molecular weight excluding hydrogens is 288 g/mol. The van der Waals surface area contributed by atoms with E-state index in [1.165, 1.54) is 12.8 Å². The van der Waals surface area contributed by atoms with Crippen molar-refractivity contribution in [1.82, 2.24) is 20.2 Å². The van der Waals surface area contributed by atoms with E-state index in [0.717, 1.165) is 38.1 Å². The van der Waals surface area contributed by atoms with Crippen LogP contribution in [0, 0.1) is 5.92 Å². The summed E-state index contributed by atoms with van der Waals surface area (Å²) in [6, 6.07) is 0. The van der Waals surface area contributed by atoms with Gasteiger partial charge in [-0.1, -0.05) is 24.4 Å². The van der Waals surface area contributed by atoms with Crippen LogP contribution in [-0.2, 0) is 18.4 Å². The third-order valence-corrected chi connectivity index (χ3v) is 5.10. The van der Waals surface area contributed by atoms with Crippen LogP contribution in [0.15, 0.2) is 6.20 Å². The number of nitrogens with zero attached hydrogens (tertiary/aromatic N) is 2. The molecule has 3 rings (SSSR count). The molecule has 0 aliphatic heterocycles. The molecule has 2 fully saturated rings. The molecule has 0 saturated heterocycles. The molecule has 0 bridgehead atoms. The van der Waals surface area contributed by atoms with Crippen LogP contribution >= 0.6 is 11.6 Å². The normalized spacial score (nSPS) is 20.7. The SMILES string of the molecule is Cn1c(Cl)cnc1CNC1(C(=O)NCC2CC2)CCCC1. The van der Waals surface area contributed by atoms with Crippen molar-refractivity contribution in [3.8, 4) is 0 Å². The molecule has 0 aromatic carbocycles. The Morgan fingerprint density at radius 3 is 2.76 bits per heavy atom. The van der Waals surface area contributed by atoms with Gasteiger partial charge in [0.15, 0.2) is 0 Å². The van der Waals surface area contributed by atoms with E-state index in [-0.39, 0.29) is 5.91 Å². The fraction of sp³-hybridized carbons (Fsp3) is 0.733. The van der Waals surface area contributed by atoms with Crippen molar-refractivity contribution < 1.29 is 4.79 Å². The summed E-state index contributed by atoms with van der Waals surface area (Å²) in [6.07, 6.45) is 8.17. The van der Waals surface area contributed by atoms with Crippen LogP contribution in [0.3, 0.4) is 0 Å². The third-order valence-electron chi connectivity index (χ3n) is 4.75. The van der Waals surface area contributed by atoms with E-state index < -0.39 is 5.54 Å². The maximum Gasteiger partial charge on any atom is 0.240 e. The number of rotatable bonds is 6. The van der Waals surface area contributed by atoms with E-state index in [0.29, 0.717) is 17.6 Å². The number of imidazole rings is 1. The monoisotopic (exact) mass is 310 g/mol. The van der Waals surface area contributed by atoms with Gasteiger partial charge in [-0.3, -0.25) is 10.1 Å². The molecule has 1 aromatic rings. The van der Waals surface area contributed by atoms with E-state index in [4.69, 9.17) is 11.6 Å². The molecule has 0 atom stereocenters. The zero-order valence-corrected chi connectivity index (χ0v) is 13.2. The maximum absolute atomic E-state index is 12.6. The first-order valence-electron chi connectivity index (χ1n) is 7.80. The lowest BCUT2D eigenvalue weighted by Crippen LogP contribution is -2.55. The van der Waals surface area contributed by atoms with Gasteiger partial charge in [0.2, 0.25) is 5.91 Å². The Bertz CT molecular complexity index is 518. The van der Waals surface area contributed by atoms with Gasteiger partial charge in [-0.15, -0.1) is 0 Å². The van der Waals surface area contributed by atoms with Gasteiger partial charge in [-0.25, -0.2) is 4.98 Å². The molecule has 116 valence electrons. The van der Waals surface area contributed by atoms with Crippen molar-refractivity contribution in [2.24, 2.45) is 13.0 Å². The van der Waals surface area contributed by atoms with Crippen molar-refractivity contribution in [1.29, 1.82) is 0 Å². The van der Waals surface area contributed by atoms with E-state index in [2.05, 4.69) is 15.6 Å². The average molecular weight is 311 g/mol. The molecule has 1 heterocycles. The molecule has 2 aliphatic carbocycles. The van der Waals surface area contributed by atoms with E-state index >= 15 is 0 Å². The van der Waals surface area contributed by atoms with Crippen LogP contribution in [0.2, 0.25) is 5.15 Å². The number of carbonyl (C=O) groups excluding carboxylic acids is 1. The van der Waals surface area contributed by atoms with E-state index in [9.17, 15) is 4.79 Å². The summed E-state index contributed by atoms with van der Waals surface area (Å²) in [7, 11) is 1.89. The van der Waals surface area contributed by atoms with Gasteiger partial charge in [-0.2, -0.15) is 0 Å². The molecule has 1 aromatic heterocycles. The number of amides is 1. The number of carbonyl (C=O) groups is 1. The summed E-state index contributed by atoms with van der Waals surface area (Å²) in [5.74, 6) is 1.73. The van der Waals surface area contributed by atoms with Gasteiger partial charge in [0, 0.05) is 13.6 Å².